The van der Waals surface area contributed by atoms with Gasteiger partial charge in [-0.3, -0.25) is 9.59 Å². The van der Waals surface area contributed by atoms with E-state index in [1.54, 1.807) is 32.0 Å². The molecule has 1 aromatic carbocycles. The van der Waals surface area contributed by atoms with E-state index in [-0.39, 0.29) is 12.5 Å². The largest absolute Gasteiger partial charge is 0.464 e. The Labute approximate surface area is 122 Å². The van der Waals surface area contributed by atoms with Crippen molar-refractivity contribution in [3.63, 3.8) is 0 Å². The third kappa shape index (κ3) is 4.03. The number of amides is 2. The fraction of sp³-hybridized carbons (Fsp3) is 0.357. The monoisotopic (exact) mass is 293 g/mol. The van der Waals surface area contributed by atoms with Crippen LogP contribution in [-0.4, -0.2) is 37.5 Å². The molecule has 0 radical (unpaired) electrons. The molecule has 0 saturated heterocycles. The average molecular weight is 293 g/mol. The number of anilines is 1. The predicted molar refractivity (Wildman–Crippen MR) is 77.8 cm³/mol. The molecule has 21 heavy (non-hydrogen) atoms. The van der Waals surface area contributed by atoms with E-state index in [9.17, 15) is 14.4 Å². The van der Waals surface area contributed by atoms with E-state index in [0.717, 1.165) is 0 Å². The minimum atomic E-state index is -1.41. The number of nitrogens with one attached hydrogen (secondary N) is 2. The molecular formula is C14H19N3O4. The van der Waals surface area contributed by atoms with Gasteiger partial charge in [-0.2, -0.15) is 0 Å². The van der Waals surface area contributed by atoms with Gasteiger partial charge in [-0.05, 0) is 31.5 Å². The molecule has 0 aliphatic rings. The van der Waals surface area contributed by atoms with Crippen molar-refractivity contribution in [2.75, 3.05) is 19.0 Å². The minimum Gasteiger partial charge on any atom is -0.464 e. The van der Waals surface area contributed by atoms with Gasteiger partial charge in [0.25, 0.3) is 11.8 Å². The lowest BCUT2D eigenvalue weighted by molar-refractivity contribution is -0.146. The van der Waals surface area contributed by atoms with Crippen LogP contribution in [0.3, 0.4) is 0 Å². The number of benzene rings is 1. The molecule has 0 saturated carbocycles. The van der Waals surface area contributed by atoms with Crippen LogP contribution in [0.1, 0.15) is 22.8 Å². The van der Waals surface area contributed by atoms with Crippen LogP contribution in [0.25, 0.3) is 0 Å². The molecule has 1 atom stereocenters. The van der Waals surface area contributed by atoms with E-state index in [0.29, 0.717) is 16.8 Å². The van der Waals surface area contributed by atoms with Gasteiger partial charge in [-0.15, -0.1) is 0 Å². The van der Waals surface area contributed by atoms with Gasteiger partial charge >= 0.3 is 5.97 Å². The molecule has 1 aromatic rings. The van der Waals surface area contributed by atoms with Crippen LogP contribution in [0.15, 0.2) is 18.2 Å². The second-order valence-corrected chi connectivity index (χ2v) is 4.28. The Balaban J connectivity index is 2.91. The first-order valence-electron chi connectivity index (χ1n) is 6.47. The normalized spacial score (nSPS) is 11.4. The summed E-state index contributed by atoms with van der Waals surface area (Å²) in [6.45, 7) is 3.46. The molecule has 114 valence electrons. The molecule has 0 aliphatic heterocycles. The smallest absolute Gasteiger partial charge is 0.332 e. The molecule has 4 N–H and O–H groups in total. The number of nitrogens with two attached hydrogens (primary N) is 1. The molecule has 2 amide bonds. The van der Waals surface area contributed by atoms with E-state index in [1.165, 1.54) is 7.05 Å². The predicted octanol–water partition coefficient (Wildman–Crippen LogP) is 0.184. The molecule has 0 fully saturated rings. The van der Waals surface area contributed by atoms with Gasteiger partial charge in [-0.25, -0.2) is 4.79 Å². The minimum absolute atomic E-state index is 0.144. The molecular weight excluding hydrogens is 274 g/mol. The Kier molecular flexibility index (Phi) is 5.86. The highest BCUT2D eigenvalue weighted by molar-refractivity contribution is 6.09. The molecule has 0 heterocycles. The Bertz CT molecular complexity index is 557. The first-order chi connectivity index (χ1) is 9.92. The van der Waals surface area contributed by atoms with E-state index in [2.05, 4.69) is 15.4 Å². The number of hydrogen-bond donors (Lipinski definition) is 3. The number of carbonyl (C=O) groups is 3. The maximum Gasteiger partial charge on any atom is 0.332 e. The highest BCUT2D eigenvalue weighted by Crippen LogP contribution is 2.19. The van der Waals surface area contributed by atoms with Gasteiger partial charge in [0, 0.05) is 18.3 Å². The zero-order valence-electron chi connectivity index (χ0n) is 12.2. The molecule has 7 heteroatoms. The van der Waals surface area contributed by atoms with Crippen molar-refractivity contribution in [1.82, 2.24) is 5.32 Å². The number of hydrogen-bond acceptors (Lipinski definition) is 5. The highest BCUT2D eigenvalue weighted by Gasteiger charge is 2.24. The maximum absolute atomic E-state index is 11.9. The summed E-state index contributed by atoms with van der Waals surface area (Å²) in [6.07, 6.45) is 0. The van der Waals surface area contributed by atoms with Crippen molar-refractivity contribution in [3.8, 4) is 0 Å². The maximum atomic E-state index is 11.9. The summed E-state index contributed by atoms with van der Waals surface area (Å²) in [5.41, 5.74) is 6.94. The van der Waals surface area contributed by atoms with Crippen molar-refractivity contribution in [3.05, 3.63) is 29.3 Å². The van der Waals surface area contributed by atoms with Crippen LogP contribution in [0.5, 0.6) is 0 Å². The Morgan fingerprint density at radius 2 is 2.00 bits per heavy atom. The average Bonchev–Trinajstić information content (AvgIpc) is 2.47. The topological polar surface area (TPSA) is 111 Å². The Morgan fingerprint density at radius 3 is 2.57 bits per heavy atom. The van der Waals surface area contributed by atoms with Crippen LogP contribution >= 0.6 is 0 Å². The quantitative estimate of drug-likeness (QED) is 0.530. The first kappa shape index (κ1) is 16.6. The van der Waals surface area contributed by atoms with Crippen molar-refractivity contribution in [2.45, 2.75) is 19.9 Å². The van der Waals surface area contributed by atoms with Crippen molar-refractivity contribution >= 4 is 23.5 Å². The second-order valence-electron chi connectivity index (χ2n) is 4.28. The summed E-state index contributed by atoms with van der Waals surface area (Å²) in [6, 6.07) is 3.48. The van der Waals surface area contributed by atoms with Gasteiger partial charge in [-0.1, -0.05) is 6.07 Å². The third-order valence-electron chi connectivity index (χ3n) is 2.89. The van der Waals surface area contributed by atoms with Gasteiger partial charge in [0.05, 0.1) is 6.61 Å². The summed E-state index contributed by atoms with van der Waals surface area (Å²) < 4.78 is 4.68. The number of carbonyl (C=O) groups excluding carboxylic acids is 3. The second kappa shape index (κ2) is 7.39. The number of rotatable bonds is 5. The van der Waals surface area contributed by atoms with E-state index in [1.807, 2.05) is 0 Å². The summed E-state index contributed by atoms with van der Waals surface area (Å²) in [5.74, 6) is -1.75. The fourth-order valence-corrected chi connectivity index (χ4v) is 1.70. The molecule has 7 nitrogen and oxygen atoms in total. The van der Waals surface area contributed by atoms with Crippen LogP contribution in [-0.2, 0) is 14.3 Å². The summed E-state index contributed by atoms with van der Waals surface area (Å²) in [5, 5.41) is 5.03. The third-order valence-corrected chi connectivity index (χ3v) is 2.89. The first-order valence-corrected chi connectivity index (χ1v) is 6.47. The lowest BCUT2D eigenvalue weighted by Gasteiger charge is -2.14. The van der Waals surface area contributed by atoms with Gasteiger partial charge in [0.2, 0.25) is 0 Å². The fourth-order valence-electron chi connectivity index (χ4n) is 1.70. The number of esters is 1. The SMILES string of the molecule is CCOC(=O)C(N)C(=O)Nc1cccc(C(=O)NC)c1C. The summed E-state index contributed by atoms with van der Waals surface area (Å²) in [7, 11) is 1.52. The van der Waals surface area contributed by atoms with E-state index in [4.69, 9.17) is 5.73 Å². The van der Waals surface area contributed by atoms with E-state index >= 15 is 0 Å². The standard InChI is InChI=1S/C14H19N3O4/c1-4-21-14(20)11(15)13(19)17-10-7-5-6-9(8(10)2)12(18)16-3/h5-7,11H,4,15H2,1-3H3,(H,16,18)(H,17,19). The molecule has 0 bridgehead atoms. The number of ether oxygens (including phenoxy) is 1. The van der Waals surface area contributed by atoms with Gasteiger partial charge in [0.1, 0.15) is 0 Å². The van der Waals surface area contributed by atoms with Crippen LogP contribution in [0.2, 0.25) is 0 Å². The molecule has 0 spiro atoms. The zero-order chi connectivity index (χ0) is 16.0. The van der Waals surface area contributed by atoms with Crippen molar-refractivity contribution in [2.24, 2.45) is 5.73 Å². The molecule has 1 rings (SSSR count). The van der Waals surface area contributed by atoms with Crippen LogP contribution in [0, 0.1) is 6.92 Å². The highest BCUT2D eigenvalue weighted by atomic mass is 16.5. The summed E-state index contributed by atoms with van der Waals surface area (Å²) in [4.78, 5) is 35.0. The zero-order valence-corrected chi connectivity index (χ0v) is 12.2. The van der Waals surface area contributed by atoms with E-state index < -0.39 is 17.9 Å². The molecule has 0 aliphatic carbocycles. The summed E-state index contributed by atoms with van der Waals surface area (Å²) >= 11 is 0. The van der Waals surface area contributed by atoms with Crippen LogP contribution < -0.4 is 16.4 Å². The molecule has 1 unspecified atom stereocenters. The van der Waals surface area contributed by atoms with Crippen molar-refractivity contribution < 1.29 is 19.1 Å². The van der Waals surface area contributed by atoms with Crippen LogP contribution in [0.4, 0.5) is 5.69 Å². The Morgan fingerprint density at radius 1 is 1.33 bits per heavy atom. The van der Waals surface area contributed by atoms with Gasteiger partial charge in [0.15, 0.2) is 6.04 Å². The van der Waals surface area contributed by atoms with Gasteiger partial charge < -0.3 is 21.1 Å². The lowest BCUT2D eigenvalue weighted by atomic mass is 10.1. The lowest BCUT2D eigenvalue weighted by Crippen LogP contribution is -2.43. The van der Waals surface area contributed by atoms with Crippen molar-refractivity contribution in [1.29, 1.82) is 0 Å². The Hall–Kier alpha value is -2.41. The molecule has 0 aromatic heterocycles.